The molecule has 0 aliphatic carbocycles. The molecule has 1 aromatic heterocycles. The van der Waals surface area contributed by atoms with Crippen molar-refractivity contribution in [3.05, 3.63) is 47.8 Å². The van der Waals surface area contributed by atoms with Crippen molar-refractivity contribution < 1.29 is 9.59 Å². The summed E-state index contributed by atoms with van der Waals surface area (Å²) < 4.78 is 0. The monoisotopic (exact) mass is 338 g/mol. The van der Waals surface area contributed by atoms with Crippen molar-refractivity contribution in [1.29, 1.82) is 0 Å². The van der Waals surface area contributed by atoms with E-state index >= 15 is 0 Å². The molecule has 1 aliphatic heterocycles. The third-order valence-corrected chi connectivity index (χ3v) is 4.37. The number of carbonyl (C=O) groups excluding carboxylic acids is 2. The average molecular weight is 338 g/mol. The van der Waals surface area contributed by atoms with Gasteiger partial charge in [-0.1, -0.05) is 6.92 Å². The Balaban J connectivity index is 1.72. The minimum Gasteiger partial charge on any atom is -0.337 e. The summed E-state index contributed by atoms with van der Waals surface area (Å²) >= 11 is 0. The molecule has 1 fully saturated rings. The van der Waals surface area contributed by atoms with Crippen molar-refractivity contribution in [2.45, 2.75) is 26.7 Å². The van der Waals surface area contributed by atoms with Gasteiger partial charge in [-0.05, 0) is 56.0 Å². The van der Waals surface area contributed by atoms with Crippen molar-refractivity contribution in [1.82, 2.24) is 14.9 Å². The number of rotatable bonds is 4. The molecule has 25 heavy (non-hydrogen) atoms. The molecule has 0 saturated carbocycles. The van der Waals surface area contributed by atoms with Crippen molar-refractivity contribution >= 4 is 23.3 Å². The SMILES string of the molecule is CC(=O)c1ccc(Nc2nccc(C(=O)N3CCCC(C)C3)n2)cc1. The molecule has 1 amide bonds. The van der Waals surface area contributed by atoms with E-state index in [2.05, 4.69) is 22.2 Å². The number of likely N-dealkylation sites (tertiary alicyclic amines) is 1. The maximum atomic E-state index is 12.6. The summed E-state index contributed by atoms with van der Waals surface area (Å²) in [6.07, 6.45) is 3.78. The summed E-state index contributed by atoms with van der Waals surface area (Å²) in [7, 11) is 0. The molecule has 2 aromatic rings. The van der Waals surface area contributed by atoms with E-state index in [9.17, 15) is 9.59 Å². The van der Waals surface area contributed by atoms with Crippen LogP contribution in [0.4, 0.5) is 11.6 Å². The first kappa shape index (κ1) is 17.1. The Kier molecular flexibility index (Phi) is 5.07. The van der Waals surface area contributed by atoms with Crippen LogP contribution >= 0.6 is 0 Å². The second-order valence-electron chi connectivity index (χ2n) is 6.52. The smallest absolute Gasteiger partial charge is 0.272 e. The van der Waals surface area contributed by atoms with Crippen LogP contribution in [-0.4, -0.2) is 39.6 Å². The van der Waals surface area contributed by atoms with Crippen LogP contribution in [0.1, 0.15) is 47.5 Å². The standard InChI is InChI=1S/C19H22N4O2/c1-13-4-3-11-23(12-13)18(25)17-9-10-20-19(22-17)21-16-7-5-15(6-8-16)14(2)24/h5-10,13H,3-4,11-12H2,1-2H3,(H,20,21,22). The highest BCUT2D eigenvalue weighted by atomic mass is 16.2. The van der Waals surface area contributed by atoms with Crippen LogP contribution in [0.15, 0.2) is 36.5 Å². The van der Waals surface area contributed by atoms with Crippen LogP contribution in [0.3, 0.4) is 0 Å². The quantitative estimate of drug-likeness (QED) is 0.866. The fraction of sp³-hybridized carbons (Fsp3) is 0.368. The molecule has 3 rings (SSSR count). The number of benzene rings is 1. The Hall–Kier alpha value is -2.76. The lowest BCUT2D eigenvalue weighted by Crippen LogP contribution is -2.39. The summed E-state index contributed by atoms with van der Waals surface area (Å²) in [4.78, 5) is 34.3. The molecule has 0 spiro atoms. The largest absolute Gasteiger partial charge is 0.337 e. The lowest BCUT2D eigenvalue weighted by atomic mass is 10.00. The predicted molar refractivity (Wildman–Crippen MR) is 96.1 cm³/mol. The van der Waals surface area contributed by atoms with Crippen molar-refractivity contribution in [3.63, 3.8) is 0 Å². The van der Waals surface area contributed by atoms with Crippen LogP contribution in [-0.2, 0) is 0 Å². The van der Waals surface area contributed by atoms with Gasteiger partial charge in [-0.25, -0.2) is 9.97 Å². The average Bonchev–Trinajstić information content (AvgIpc) is 2.62. The number of Topliss-reactive ketones (excluding diaryl/α,β-unsaturated/α-hetero) is 1. The molecule has 0 bridgehead atoms. The van der Waals surface area contributed by atoms with Crippen molar-refractivity contribution in [3.8, 4) is 0 Å². The van der Waals surface area contributed by atoms with E-state index in [4.69, 9.17) is 0 Å². The molecular formula is C19H22N4O2. The minimum absolute atomic E-state index is 0.0196. The summed E-state index contributed by atoms with van der Waals surface area (Å²) in [5.41, 5.74) is 1.81. The van der Waals surface area contributed by atoms with Gasteiger partial charge < -0.3 is 10.2 Å². The number of anilines is 2. The molecule has 6 heteroatoms. The first-order valence-corrected chi connectivity index (χ1v) is 8.53. The third kappa shape index (κ3) is 4.21. The first-order valence-electron chi connectivity index (χ1n) is 8.53. The topological polar surface area (TPSA) is 75.2 Å². The number of amides is 1. The highest BCUT2D eigenvalue weighted by molar-refractivity contribution is 5.94. The van der Waals surface area contributed by atoms with Crippen LogP contribution in [0.2, 0.25) is 0 Å². The summed E-state index contributed by atoms with van der Waals surface area (Å²) in [5, 5.41) is 3.07. The molecule has 1 unspecified atom stereocenters. The molecule has 130 valence electrons. The summed E-state index contributed by atoms with van der Waals surface area (Å²) in [6, 6.07) is 8.72. The zero-order valence-electron chi connectivity index (χ0n) is 14.5. The van der Waals surface area contributed by atoms with Crippen molar-refractivity contribution in [2.75, 3.05) is 18.4 Å². The Morgan fingerprint density at radius 1 is 1.20 bits per heavy atom. The van der Waals surface area contributed by atoms with Crippen molar-refractivity contribution in [2.24, 2.45) is 5.92 Å². The number of nitrogens with one attached hydrogen (secondary N) is 1. The molecule has 6 nitrogen and oxygen atoms in total. The molecule has 1 N–H and O–H groups in total. The number of hydrogen-bond acceptors (Lipinski definition) is 5. The van der Waals surface area contributed by atoms with E-state index in [-0.39, 0.29) is 11.7 Å². The van der Waals surface area contributed by atoms with E-state index in [1.165, 1.54) is 6.92 Å². The Morgan fingerprint density at radius 3 is 2.64 bits per heavy atom. The van der Waals surface area contributed by atoms with Crippen LogP contribution < -0.4 is 5.32 Å². The summed E-state index contributed by atoms with van der Waals surface area (Å²) in [5.74, 6) is 0.860. The van der Waals surface area contributed by atoms with Gasteiger partial charge in [0.2, 0.25) is 5.95 Å². The van der Waals surface area contributed by atoms with Gasteiger partial charge >= 0.3 is 0 Å². The Labute approximate surface area is 147 Å². The normalized spacial score (nSPS) is 17.2. The highest BCUT2D eigenvalue weighted by Crippen LogP contribution is 2.18. The second kappa shape index (κ2) is 7.42. The van der Waals surface area contributed by atoms with Crippen LogP contribution in [0.25, 0.3) is 0 Å². The lowest BCUT2D eigenvalue weighted by molar-refractivity contribution is 0.0677. The van der Waals surface area contributed by atoms with E-state index < -0.39 is 0 Å². The minimum atomic E-state index is -0.0519. The number of carbonyl (C=O) groups is 2. The highest BCUT2D eigenvalue weighted by Gasteiger charge is 2.23. The fourth-order valence-corrected chi connectivity index (χ4v) is 2.99. The molecule has 0 radical (unpaired) electrons. The second-order valence-corrected chi connectivity index (χ2v) is 6.52. The van der Waals surface area contributed by atoms with Gasteiger partial charge in [-0.2, -0.15) is 0 Å². The predicted octanol–water partition coefficient (Wildman–Crippen LogP) is 3.29. The molecule has 1 saturated heterocycles. The van der Waals surface area contributed by atoms with Gasteiger partial charge in [0.05, 0.1) is 0 Å². The Bertz CT molecular complexity index is 773. The zero-order chi connectivity index (χ0) is 17.8. The number of hydrogen-bond donors (Lipinski definition) is 1. The van der Waals surface area contributed by atoms with E-state index in [0.29, 0.717) is 23.1 Å². The fourth-order valence-electron chi connectivity index (χ4n) is 2.99. The maximum absolute atomic E-state index is 12.6. The van der Waals surface area contributed by atoms with E-state index in [1.807, 2.05) is 4.90 Å². The molecule has 1 aromatic carbocycles. The molecule has 2 heterocycles. The molecule has 1 atom stereocenters. The number of ketones is 1. The van der Waals surface area contributed by atoms with Gasteiger partial charge in [0.15, 0.2) is 5.78 Å². The van der Waals surface area contributed by atoms with Crippen LogP contribution in [0, 0.1) is 5.92 Å². The number of piperidine rings is 1. The van der Waals surface area contributed by atoms with E-state index in [0.717, 1.165) is 31.6 Å². The van der Waals surface area contributed by atoms with Crippen LogP contribution in [0.5, 0.6) is 0 Å². The lowest BCUT2D eigenvalue weighted by Gasteiger charge is -2.30. The number of nitrogens with zero attached hydrogens (tertiary/aromatic N) is 3. The first-order chi connectivity index (χ1) is 12.0. The van der Waals surface area contributed by atoms with Gasteiger partial charge in [0, 0.05) is 30.5 Å². The van der Waals surface area contributed by atoms with Gasteiger partial charge in [-0.3, -0.25) is 9.59 Å². The molecule has 1 aliphatic rings. The zero-order valence-corrected chi connectivity index (χ0v) is 14.5. The third-order valence-electron chi connectivity index (χ3n) is 4.37. The Morgan fingerprint density at radius 2 is 1.96 bits per heavy atom. The van der Waals surface area contributed by atoms with E-state index in [1.54, 1.807) is 36.5 Å². The maximum Gasteiger partial charge on any atom is 0.272 e. The number of aromatic nitrogens is 2. The van der Waals surface area contributed by atoms with Gasteiger partial charge in [-0.15, -0.1) is 0 Å². The summed E-state index contributed by atoms with van der Waals surface area (Å²) in [6.45, 7) is 5.25. The van der Waals surface area contributed by atoms with Gasteiger partial charge in [0.25, 0.3) is 5.91 Å². The van der Waals surface area contributed by atoms with Gasteiger partial charge in [0.1, 0.15) is 5.69 Å². The molecular weight excluding hydrogens is 316 g/mol.